The second-order valence-electron chi connectivity index (χ2n) is 5.77. The average molecular weight is 375 g/mol. The van der Waals surface area contributed by atoms with Crippen LogP contribution in [0.2, 0.25) is 0 Å². The van der Waals surface area contributed by atoms with Crippen LogP contribution in [0.5, 0.6) is 0 Å². The summed E-state index contributed by atoms with van der Waals surface area (Å²) in [4.78, 5) is 40.3. The van der Waals surface area contributed by atoms with Gasteiger partial charge < -0.3 is 15.4 Å². The number of carbonyl (C=O) groups excluding carboxylic acids is 3. The van der Waals surface area contributed by atoms with Crippen LogP contribution >= 0.6 is 0 Å². The van der Waals surface area contributed by atoms with E-state index >= 15 is 0 Å². The molecule has 0 aliphatic rings. The van der Waals surface area contributed by atoms with E-state index in [-0.39, 0.29) is 11.3 Å². The van der Waals surface area contributed by atoms with E-state index in [0.717, 1.165) is 0 Å². The molecule has 3 aromatic rings. The summed E-state index contributed by atoms with van der Waals surface area (Å²) >= 11 is 0. The van der Waals surface area contributed by atoms with Gasteiger partial charge in [-0.2, -0.15) is 0 Å². The summed E-state index contributed by atoms with van der Waals surface area (Å²) < 4.78 is 4.63. The molecule has 0 aliphatic carbocycles. The highest BCUT2D eigenvalue weighted by Gasteiger charge is 2.13. The minimum Gasteiger partial charge on any atom is -0.465 e. The Bertz CT molecular complexity index is 1000. The summed E-state index contributed by atoms with van der Waals surface area (Å²) in [5.74, 6) is -1.27. The molecule has 2 aromatic carbocycles. The van der Waals surface area contributed by atoms with Crippen LogP contribution in [0.1, 0.15) is 31.2 Å². The van der Waals surface area contributed by atoms with E-state index in [1.54, 1.807) is 48.5 Å². The molecule has 2 amide bonds. The molecule has 7 nitrogen and oxygen atoms in total. The van der Waals surface area contributed by atoms with Gasteiger partial charge in [0.25, 0.3) is 11.8 Å². The third kappa shape index (κ3) is 4.59. The first-order valence-electron chi connectivity index (χ1n) is 8.39. The second-order valence-corrected chi connectivity index (χ2v) is 5.77. The first-order valence-corrected chi connectivity index (χ1v) is 8.39. The Morgan fingerprint density at radius 3 is 2.11 bits per heavy atom. The number of para-hydroxylation sites is 1. The molecule has 0 aliphatic heterocycles. The van der Waals surface area contributed by atoms with Gasteiger partial charge in [0.05, 0.1) is 12.7 Å². The van der Waals surface area contributed by atoms with E-state index in [0.29, 0.717) is 16.9 Å². The molecule has 140 valence electrons. The van der Waals surface area contributed by atoms with Gasteiger partial charge in [-0.3, -0.25) is 14.6 Å². The second kappa shape index (κ2) is 8.59. The molecule has 0 spiro atoms. The highest BCUT2D eigenvalue weighted by Crippen LogP contribution is 2.13. The van der Waals surface area contributed by atoms with Gasteiger partial charge in [0, 0.05) is 23.1 Å². The number of ether oxygens (including phenoxy) is 1. The first-order chi connectivity index (χ1) is 13.6. The normalized spacial score (nSPS) is 10.0. The van der Waals surface area contributed by atoms with Crippen molar-refractivity contribution in [2.24, 2.45) is 0 Å². The van der Waals surface area contributed by atoms with Crippen molar-refractivity contribution < 1.29 is 19.1 Å². The predicted octanol–water partition coefficient (Wildman–Crippen LogP) is 3.37. The maximum Gasteiger partial charge on any atom is 0.337 e. The number of hydrogen-bond acceptors (Lipinski definition) is 5. The van der Waals surface area contributed by atoms with Crippen molar-refractivity contribution in [3.8, 4) is 0 Å². The number of benzene rings is 2. The minimum atomic E-state index is -0.457. The smallest absolute Gasteiger partial charge is 0.337 e. The molecular weight excluding hydrogens is 358 g/mol. The van der Waals surface area contributed by atoms with Crippen LogP contribution in [0, 0.1) is 0 Å². The van der Waals surface area contributed by atoms with Crippen molar-refractivity contribution in [2.45, 2.75) is 0 Å². The number of aromatic nitrogens is 1. The molecule has 3 rings (SSSR count). The Balaban J connectivity index is 1.70. The molecule has 1 aromatic heterocycles. The van der Waals surface area contributed by atoms with E-state index in [2.05, 4.69) is 20.4 Å². The molecule has 1 heterocycles. The topological polar surface area (TPSA) is 97.4 Å². The Kier molecular flexibility index (Phi) is 5.76. The molecule has 0 radical (unpaired) electrons. The molecule has 28 heavy (non-hydrogen) atoms. The van der Waals surface area contributed by atoms with E-state index in [1.165, 1.54) is 25.4 Å². The molecule has 0 atom stereocenters. The van der Waals surface area contributed by atoms with Crippen LogP contribution in [0.25, 0.3) is 0 Å². The van der Waals surface area contributed by atoms with E-state index in [4.69, 9.17) is 0 Å². The van der Waals surface area contributed by atoms with Crippen LogP contribution in [0.3, 0.4) is 0 Å². The van der Waals surface area contributed by atoms with E-state index < -0.39 is 17.8 Å². The third-order valence-corrected chi connectivity index (χ3v) is 3.85. The molecule has 2 N–H and O–H groups in total. The summed E-state index contributed by atoms with van der Waals surface area (Å²) in [5.41, 5.74) is 1.92. The molecule has 7 heteroatoms. The number of amides is 2. The summed E-state index contributed by atoms with van der Waals surface area (Å²) in [5, 5.41) is 5.43. The van der Waals surface area contributed by atoms with Crippen molar-refractivity contribution >= 4 is 29.2 Å². The van der Waals surface area contributed by atoms with Crippen molar-refractivity contribution in [3.63, 3.8) is 0 Å². The van der Waals surface area contributed by atoms with Gasteiger partial charge in [-0.05, 0) is 48.5 Å². The number of pyridine rings is 1. The number of carbonyl (C=O) groups is 3. The summed E-state index contributed by atoms with van der Waals surface area (Å²) in [7, 11) is 1.30. The molecule has 0 bridgehead atoms. The standard InChI is InChI=1S/C21H17N3O4/c1-28-21(27)14-7-9-17(10-8-14)23-19(25)15-11-12-22-18(13-15)20(26)24-16-5-3-2-4-6-16/h2-13H,1H3,(H,23,25)(H,24,26). The number of methoxy groups -OCH3 is 1. The summed E-state index contributed by atoms with van der Waals surface area (Å²) in [6.07, 6.45) is 1.40. The van der Waals surface area contributed by atoms with Gasteiger partial charge in [-0.15, -0.1) is 0 Å². The Morgan fingerprint density at radius 2 is 1.43 bits per heavy atom. The highest BCUT2D eigenvalue weighted by atomic mass is 16.5. The van der Waals surface area contributed by atoms with Crippen molar-refractivity contribution in [1.29, 1.82) is 0 Å². The first kappa shape index (κ1) is 18.8. The lowest BCUT2D eigenvalue weighted by molar-refractivity contribution is 0.0600. The number of nitrogens with zero attached hydrogens (tertiary/aromatic N) is 1. The predicted molar refractivity (Wildman–Crippen MR) is 104 cm³/mol. The van der Waals surface area contributed by atoms with E-state index in [9.17, 15) is 14.4 Å². The SMILES string of the molecule is COC(=O)c1ccc(NC(=O)c2ccnc(C(=O)Nc3ccccc3)c2)cc1. The summed E-state index contributed by atoms with van der Waals surface area (Å²) in [6, 6.07) is 18.2. The maximum absolute atomic E-state index is 12.5. The minimum absolute atomic E-state index is 0.123. The maximum atomic E-state index is 12.5. The van der Waals surface area contributed by atoms with Gasteiger partial charge in [0.2, 0.25) is 0 Å². The number of rotatable bonds is 5. The number of hydrogen-bond donors (Lipinski definition) is 2. The third-order valence-electron chi connectivity index (χ3n) is 3.85. The zero-order valence-corrected chi connectivity index (χ0v) is 15.0. The quantitative estimate of drug-likeness (QED) is 0.667. The Morgan fingerprint density at radius 1 is 0.786 bits per heavy atom. The van der Waals surface area contributed by atoms with Crippen LogP contribution in [0.4, 0.5) is 11.4 Å². The average Bonchev–Trinajstić information content (AvgIpc) is 2.74. The van der Waals surface area contributed by atoms with Gasteiger partial charge in [0.1, 0.15) is 5.69 Å². The van der Waals surface area contributed by atoms with Crippen LogP contribution < -0.4 is 10.6 Å². The highest BCUT2D eigenvalue weighted by molar-refractivity contribution is 6.08. The largest absolute Gasteiger partial charge is 0.465 e. The Labute approximate surface area is 161 Å². The van der Waals surface area contributed by atoms with Gasteiger partial charge >= 0.3 is 5.97 Å². The fourth-order valence-corrected chi connectivity index (χ4v) is 2.42. The number of esters is 1. The van der Waals surface area contributed by atoms with Crippen molar-refractivity contribution in [3.05, 3.63) is 89.7 Å². The molecular formula is C21H17N3O4. The zero-order chi connectivity index (χ0) is 19.9. The van der Waals surface area contributed by atoms with Crippen LogP contribution in [0.15, 0.2) is 72.9 Å². The van der Waals surface area contributed by atoms with Gasteiger partial charge in [0.15, 0.2) is 0 Å². The zero-order valence-electron chi connectivity index (χ0n) is 15.0. The van der Waals surface area contributed by atoms with E-state index in [1.807, 2.05) is 6.07 Å². The van der Waals surface area contributed by atoms with Crippen molar-refractivity contribution in [2.75, 3.05) is 17.7 Å². The fraction of sp³-hybridized carbons (Fsp3) is 0.0476. The molecule has 0 saturated carbocycles. The molecule has 0 saturated heterocycles. The van der Waals surface area contributed by atoms with Gasteiger partial charge in [-0.25, -0.2) is 4.79 Å². The van der Waals surface area contributed by atoms with Crippen molar-refractivity contribution in [1.82, 2.24) is 4.98 Å². The summed E-state index contributed by atoms with van der Waals surface area (Å²) in [6.45, 7) is 0. The molecule has 0 unspecified atom stereocenters. The number of anilines is 2. The lowest BCUT2D eigenvalue weighted by atomic mass is 10.1. The lowest BCUT2D eigenvalue weighted by Gasteiger charge is -2.08. The number of nitrogens with one attached hydrogen (secondary N) is 2. The molecule has 0 fully saturated rings. The lowest BCUT2D eigenvalue weighted by Crippen LogP contribution is -2.17. The van der Waals surface area contributed by atoms with Crippen LogP contribution in [-0.4, -0.2) is 29.9 Å². The Hall–Kier alpha value is -4.00. The monoisotopic (exact) mass is 375 g/mol. The fourth-order valence-electron chi connectivity index (χ4n) is 2.42. The van der Waals surface area contributed by atoms with Crippen LogP contribution in [-0.2, 0) is 4.74 Å². The van der Waals surface area contributed by atoms with Gasteiger partial charge in [-0.1, -0.05) is 18.2 Å².